The summed E-state index contributed by atoms with van der Waals surface area (Å²) < 4.78 is 5.84. The van der Waals surface area contributed by atoms with E-state index >= 15 is 0 Å². The lowest BCUT2D eigenvalue weighted by molar-refractivity contribution is -0.142. The summed E-state index contributed by atoms with van der Waals surface area (Å²) in [6.45, 7) is 4.79. The van der Waals surface area contributed by atoms with E-state index in [-0.39, 0.29) is 0 Å². The van der Waals surface area contributed by atoms with Gasteiger partial charge >= 0.3 is 0 Å². The molecule has 0 radical (unpaired) electrons. The summed E-state index contributed by atoms with van der Waals surface area (Å²) in [5.74, 6) is 0.858. The zero-order valence-electron chi connectivity index (χ0n) is 7.72. The molecule has 0 bridgehead atoms. The van der Waals surface area contributed by atoms with Crippen LogP contribution >= 0.6 is 0 Å². The third kappa shape index (κ3) is 1.42. The van der Waals surface area contributed by atoms with Crippen LogP contribution in [0.1, 0.15) is 38.5 Å². The average Bonchev–Trinajstić information content (AvgIpc) is 2.03. The van der Waals surface area contributed by atoms with E-state index in [1.54, 1.807) is 0 Å². The van der Waals surface area contributed by atoms with Gasteiger partial charge in [0, 0.05) is 6.61 Å². The Hall–Kier alpha value is -0.300. The maximum absolute atomic E-state index is 5.84. The molecule has 1 atom stereocenters. The second-order valence-electron chi connectivity index (χ2n) is 4.27. The monoisotopic (exact) mass is 166 g/mol. The molecule has 1 saturated heterocycles. The van der Waals surface area contributed by atoms with Crippen molar-refractivity contribution < 1.29 is 4.74 Å². The second-order valence-corrected chi connectivity index (χ2v) is 4.27. The second kappa shape index (κ2) is 3.21. The molecule has 2 rings (SSSR count). The van der Waals surface area contributed by atoms with E-state index in [1.807, 2.05) is 0 Å². The Morgan fingerprint density at radius 3 is 2.92 bits per heavy atom. The van der Waals surface area contributed by atoms with Crippen LogP contribution in [0.5, 0.6) is 0 Å². The van der Waals surface area contributed by atoms with E-state index in [1.165, 1.54) is 38.5 Å². The first-order valence-electron chi connectivity index (χ1n) is 5.09. The van der Waals surface area contributed by atoms with Gasteiger partial charge in [-0.05, 0) is 44.4 Å². The minimum Gasteiger partial charge on any atom is -0.375 e. The van der Waals surface area contributed by atoms with Gasteiger partial charge in [0.2, 0.25) is 0 Å². The predicted octanol–water partition coefficient (Wildman–Crippen LogP) is 2.91. The highest BCUT2D eigenvalue weighted by atomic mass is 16.5. The summed E-state index contributed by atoms with van der Waals surface area (Å²) in [7, 11) is 0. The molecule has 0 aromatic carbocycles. The highest BCUT2D eigenvalue weighted by Crippen LogP contribution is 2.44. The van der Waals surface area contributed by atoms with Gasteiger partial charge in [-0.25, -0.2) is 0 Å². The Labute approximate surface area is 74.8 Å². The van der Waals surface area contributed by atoms with Crippen LogP contribution in [-0.4, -0.2) is 12.2 Å². The molecule has 1 aliphatic carbocycles. The highest BCUT2D eigenvalue weighted by molar-refractivity contribution is 4.95. The zero-order chi connectivity index (χ0) is 8.44. The third-order valence-electron chi connectivity index (χ3n) is 3.36. The molecule has 1 spiro atoms. The zero-order valence-corrected chi connectivity index (χ0v) is 7.72. The molecule has 68 valence electrons. The van der Waals surface area contributed by atoms with E-state index in [2.05, 4.69) is 12.7 Å². The third-order valence-corrected chi connectivity index (χ3v) is 3.36. The normalized spacial score (nSPS) is 32.8. The maximum atomic E-state index is 5.84. The van der Waals surface area contributed by atoms with Crippen molar-refractivity contribution >= 4 is 0 Å². The average molecular weight is 166 g/mol. The minimum atomic E-state index is 0.325. The molecule has 1 nitrogen and oxygen atoms in total. The summed E-state index contributed by atoms with van der Waals surface area (Å²) in [4.78, 5) is 0. The van der Waals surface area contributed by atoms with Gasteiger partial charge in [-0.3, -0.25) is 0 Å². The van der Waals surface area contributed by atoms with E-state index in [9.17, 15) is 0 Å². The molecule has 0 aromatic rings. The van der Waals surface area contributed by atoms with E-state index in [0.717, 1.165) is 12.5 Å². The van der Waals surface area contributed by atoms with E-state index < -0.39 is 0 Å². The maximum Gasteiger partial charge on any atom is 0.0685 e. The predicted molar refractivity (Wildman–Crippen MR) is 50.1 cm³/mol. The molecule has 0 amide bonds. The summed E-state index contributed by atoms with van der Waals surface area (Å²) in [5.41, 5.74) is 0.325. The summed E-state index contributed by atoms with van der Waals surface area (Å²) in [6, 6.07) is 0. The van der Waals surface area contributed by atoms with Crippen molar-refractivity contribution in [1.29, 1.82) is 0 Å². The molecular formula is C11H18O. The first-order chi connectivity index (χ1) is 5.85. The quantitative estimate of drug-likeness (QED) is 0.573. The lowest BCUT2D eigenvalue weighted by atomic mass is 9.71. The van der Waals surface area contributed by atoms with Crippen molar-refractivity contribution in [2.24, 2.45) is 5.92 Å². The van der Waals surface area contributed by atoms with Crippen LogP contribution in [0.2, 0.25) is 0 Å². The summed E-state index contributed by atoms with van der Waals surface area (Å²) >= 11 is 0. The molecule has 2 fully saturated rings. The van der Waals surface area contributed by atoms with Crippen LogP contribution in [0.15, 0.2) is 12.7 Å². The van der Waals surface area contributed by atoms with Gasteiger partial charge in [0.15, 0.2) is 0 Å². The Balaban J connectivity index is 1.89. The molecule has 0 N–H and O–H groups in total. The van der Waals surface area contributed by atoms with Crippen LogP contribution in [0.25, 0.3) is 0 Å². The Morgan fingerprint density at radius 1 is 1.50 bits per heavy atom. The minimum absolute atomic E-state index is 0.325. The number of hydrogen-bond donors (Lipinski definition) is 0. The molecule has 1 unspecified atom stereocenters. The lowest BCUT2D eigenvalue weighted by Gasteiger charge is -2.47. The topological polar surface area (TPSA) is 9.23 Å². The fourth-order valence-corrected chi connectivity index (χ4v) is 2.49. The molecule has 1 saturated carbocycles. The van der Waals surface area contributed by atoms with Crippen molar-refractivity contribution in [2.45, 2.75) is 44.1 Å². The fraction of sp³-hybridized carbons (Fsp3) is 0.818. The molecule has 1 aliphatic heterocycles. The van der Waals surface area contributed by atoms with Crippen LogP contribution in [0, 0.1) is 5.92 Å². The van der Waals surface area contributed by atoms with Crippen molar-refractivity contribution in [1.82, 2.24) is 0 Å². The molecule has 1 heterocycles. The van der Waals surface area contributed by atoms with Crippen LogP contribution in [0.3, 0.4) is 0 Å². The van der Waals surface area contributed by atoms with Crippen LogP contribution in [-0.2, 0) is 4.74 Å². The molecular weight excluding hydrogens is 148 g/mol. The van der Waals surface area contributed by atoms with Crippen molar-refractivity contribution in [3.8, 4) is 0 Å². The number of rotatable bonds is 2. The van der Waals surface area contributed by atoms with Gasteiger partial charge in [0.1, 0.15) is 0 Å². The van der Waals surface area contributed by atoms with Crippen LogP contribution < -0.4 is 0 Å². The van der Waals surface area contributed by atoms with Crippen molar-refractivity contribution in [2.75, 3.05) is 6.61 Å². The van der Waals surface area contributed by atoms with Gasteiger partial charge in [-0.2, -0.15) is 0 Å². The summed E-state index contributed by atoms with van der Waals surface area (Å²) in [6.07, 6.45) is 9.77. The summed E-state index contributed by atoms with van der Waals surface area (Å²) in [5, 5.41) is 0. The SMILES string of the molecule is C=CCC1CCOC2(CCC2)C1. The first kappa shape index (κ1) is 8.31. The first-order valence-corrected chi connectivity index (χ1v) is 5.09. The number of ether oxygens (including phenoxy) is 1. The fourth-order valence-electron chi connectivity index (χ4n) is 2.49. The lowest BCUT2D eigenvalue weighted by Crippen LogP contribution is -2.45. The van der Waals surface area contributed by atoms with E-state index in [0.29, 0.717) is 5.60 Å². The van der Waals surface area contributed by atoms with Gasteiger partial charge in [-0.15, -0.1) is 6.58 Å². The van der Waals surface area contributed by atoms with Crippen LogP contribution in [0.4, 0.5) is 0 Å². The number of hydrogen-bond acceptors (Lipinski definition) is 1. The molecule has 0 aromatic heterocycles. The highest BCUT2D eigenvalue weighted by Gasteiger charge is 2.41. The smallest absolute Gasteiger partial charge is 0.0685 e. The van der Waals surface area contributed by atoms with Crippen molar-refractivity contribution in [3.63, 3.8) is 0 Å². The number of allylic oxidation sites excluding steroid dienone is 1. The van der Waals surface area contributed by atoms with Crippen molar-refractivity contribution in [3.05, 3.63) is 12.7 Å². The largest absolute Gasteiger partial charge is 0.375 e. The molecule has 2 aliphatic rings. The van der Waals surface area contributed by atoms with Gasteiger partial charge in [0.25, 0.3) is 0 Å². The standard InChI is InChI=1S/C11H18O/c1-2-4-10-5-8-12-11(9-10)6-3-7-11/h2,10H,1,3-9H2. The Morgan fingerprint density at radius 2 is 2.33 bits per heavy atom. The van der Waals surface area contributed by atoms with E-state index in [4.69, 9.17) is 4.74 Å². The van der Waals surface area contributed by atoms with Gasteiger partial charge in [-0.1, -0.05) is 6.08 Å². The Kier molecular flexibility index (Phi) is 2.22. The molecule has 12 heavy (non-hydrogen) atoms. The van der Waals surface area contributed by atoms with Gasteiger partial charge in [0.05, 0.1) is 5.60 Å². The molecule has 1 heteroatoms. The van der Waals surface area contributed by atoms with Gasteiger partial charge < -0.3 is 4.74 Å². The Bertz CT molecular complexity index is 170.